The van der Waals surface area contributed by atoms with Crippen molar-refractivity contribution in [1.82, 2.24) is 4.90 Å². The van der Waals surface area contributed by atoms with Gasteiger partial charge >= 0.3 is 0 Å². The summed E-state index contributed by atoms with van der Waals surface area (Å²) in [5.41, 5.74) is 6.87. The van der Waals surface area contributed by atoms with E-state index in [1.165, 1.54) is 45.2 Å². The van der Waals surface area contributed by atoms with E-state index in [1.54, 1.807) is 0 Å². The van der Waals surface area contributed by atoms with Gasteiger partial charge in [-0.2, -0.15) is 0 Å². The summed E-state index contributed by atoms with van der Waals surface area (Å²) in [6, 6.07) is 1.13. The van der Waals surface area contributed by atoms with E-state index in [0.29, 0.717) is 17.4 Å². The Hall–Kier alpha value is -0.0800. The van der Waals surface area contributed by atoms with E-state index in [9.17, 15) is 0 Å². The number of hydrogen-bond donors (Lipinski definition) is 1. The summed E-state index contributed by atoms with van der Waals surface area (Å²) in [6.45, 7) is 12.0. The molecule has 0 spiro atoms. The third kappa shape index (κ3) is 2.91. The van der Waals surface area contributed by atoms with Gasteiger partial charge in [-0.05, 0) is 56.4 Å². The highest BCUT2D eigenvalue weighted by atomic mass is 15.2. The molecule has 0 aromatic heterocycles. The summed E-state index contributed by atoms with van der Waals surface area (Å²) < 4.78 is 0. The van der Waals surface area contributed by atoms with Gasteiger partial charge in [0.15, 0.2) is 0 Å². The molecule has 1 heterocycles. The van der Waals surface area contributed by atoms with Crippen LogP contribution < -0.4 is 5.73 Å². The lowest BCUT2D eigenvalue weighted by Gasteiger charge is -2.46. The molecule has 0 aromatic rings. The van der Waals surface area contributed by atoms with Gasteiger partial charge in [0.1, 0.15) is 0 Å². The fraction of sp³-hybridized carbons (Fsp3) is 1.00. The maximum Gasteiger partial charge on any atom is 0.0131 e. The average molecular weight is 252 g/mol. The number of hydrogen-bond acceptors (Lipinski definition) is 2. The van der Waals surface area contributed by atoms with Crippen molar-refractivity contribution >= 4 is 0 Å². The molecule has 0 bridgehead atoms. The topological polar surface area (TPSA) is 29.3 Å². The monoisotopic (exact) mass is 252 g/mol. The van der Waals surface area contributed by atoms with E-state index in [-0.39, 0.29) is 0 Å². The van der Waals surface area contributed by atoms with Gasteiger partial charge in [-0.1, -0.05) is 27.2 Å². The third-order valence-corrected chi connectivity index (χ3v) is 5.78. The zero-order chi connectivity index (χ0) is 13.3. The molecule has 0 aromatic carbocycles. The van der Waals surface area contributed by atoms with E-state index in [0.717, 1.165) is 12.0 Å². The van der Waals surface area contributed by atoms with Crippen LogP contribution >= 0.6 is 0 Å². The van der Waals surface area contributed by atoms with Gasteiger partial charge in [-0.25, -0.2) is 0 Å². The molecule has 0 amide bonds. The first-order valence-corrected chi connectivity index (χ1v) is 7.91. The number of rotatable bonds is 2. The number of likely N-dealkylation sites (tertiary alicyclic amines) is 1. The first-order valence-electron chi connectivity index (χ1n) is 7.91. The second-order valence-corrected chi connectivity index (χ2v) is 7.52. The Labute approximate surface area is 113 Å². The summed E-state index contributed by atoms with van der Waals surface area (Å²) in [5, 5.41) is 0. The van der Waals surface area contributed by atoms with Crippen molar-refractivity contribution in [3.05, 3.63) is 0 Å². The highest BCUT2D eigenvalue weighted by Gasteiger charge is 2.38. The van der Waals surface area contributed by atoms with Crippen molar-refractivity contribution in [2.75, 3.05) is 13.1 Å². The molecule has 2 rings (SSSR count). The molecular formula is C16H32N2. The van der Waals surface area contributed by atoms with Crippen LogP contribution in [0, 0.1) is 17.3 Å². The highest BCUT2D eigenvalue weighted by Crippen LogP contribution is 2.38. The molecule has 1 saturated heterocycles. The molecule has 4 unspecified atom stereocenters. The molecular weight excluding hydrogens is 220 g/mol. The van der Waals surface area contributed by atoms with Crippen molar-refractivity contribution in [3.63, 3.8) is 0 Å². The standard InChI is InChI=1S/C16H32N2/c1-12-7-6-10-18(13(12)2)11-14-8-5-9-16(3,4)15(14)17/h12-15H,5-11,17H2,1-4H3. The van der Waals surface area contributed by atoms with Crippen LogP contribution in [0.5, 0.6) is 0 Å². The Kier molecular flexibility index (Phi) is 4.38. The lowest BCUT2D eigenvalue weighted by Crippen LogP contribution is -2.53. The van der Waals surface area contributed by atoms with Crippen molar-refractivity contribution < 1.29 is 0 Å². The molecule has 18 heavy (non-hydrogen) atoms. The van der Waals surface area contributed by atoms with E-state index in [4.69, 9.17) is 5.73 Å². The Morgan fingerprint density at radius 3 is 2.61 bits per heavy atom. The van der Waals surface area contributed by atoms with Gasteiger partial charge in [-0.3, -0.25) is 0 Å². The van der Waals surface area contributed by atoms with Crippen LogP contribution in [0.15, 0.2) is 0 Å². The molecule has 2 N–H and O–H groups in total. The van der Waals surface area contributed by atoms with Crippen LogP contribution in [0.1, 0.15) is 59.8 Å². The summed E-state index contributed by atoms with van der Waals surface area (Å²) in [5.74, 6) is 1.56. The zero-order valence-corrected chi connectivity index (χ0v) is 12.8. The summed E-state index contributed by atoms with van der Waals surface area (Å²) in [4.78, 5) is 2.71. The Bertz CT molecular complexity index is 274. The smallest absolute Gasteiger partial charge is 0.0131 e. The largest absolute Gasteiger partial charge is 0.327 e. The van der Waals surface area contributed by atoms with Crippen LogP contribution in [-0.4, -0.2) is 30.1 Å². The maximum atomic E-state index is 6.53. The molecule has 4 atom stereocenters. The Balaban J connectivity index is 1.96. The minimum atomic E-state index is 0.341. The van der Waals surface area contributed by atoms with Gasteiger partial charge < -0.3 is 10.6 Å². The van der Waals surface area contributed by atoms with Crippen LogP contribution in [0.4, 0.5) is 0 Å². The minimum absolute atomic E-state index is 0.341. The fourth-order valence-electron chi connectivity index (χ4n) is 3.99. The number of piperidine rings is 1. The second-order valence-electron chi connectivity index (χ2n) is 7.52. The number of nitrogens with zero attached hydrogens (tertiary/aromatic N) is 1. The summed E-state index contributed by atoms with van der Waals surface area (Å²) in [6.07, 6.45) is 6.78. The fourth-order valence-corrected chi connectivity index (χ4v) is 3.99. The summed E-state index contributed by atoms with van der Waals surface area (Å²) in [7, 11) is 0. The van der Waals surface area contributed by atoms with Crippen molar-refractivity contribution in [1.29, 1.82) is 0 Å². The lowest BCUT2D eigenvalue weighted by molar-refractivity contribution is 0.0535. The Morgan fingerprint density at radius 1 is 1.17 bits per heavy atom. The van der Waals surface area contributed by atoms with Crippen LogP contribution in [0.25, 0.3) is 0 Å². The quantitative estimate of drug-likeness (QED) is 0.817. The van der Waals surface area contributed by atoms with Crippen molar-refractivity contribution in [2.45, 2.75) is 71.9 Å². The van der Waals surface area contributed by atoms with Crippen LogP contribution in [0.2, 0.25) is 0 Å². The van der Waals surface area contributed by atoms with Gasteiger partial charge in [0, 0.05) is 18.6 Å². The number of nitrogens with two attached hydrogens (primary N) is 1. The first-order chi connectivity index (χ1) is 8.42. The van der Waals surface area contributed by atoms with Gasteiger partial charge in [0.2, 0.25) is 0 Å². The van der Waals surface area contributed by atoms with Gasteiger partial charge in [0.05, 0.1) is 0 Å². The SMILES string of the molecule is CC1CCCN(CC2CCCC(C)(C)C2N)C1C. The van der Waals surface area contributed by atoms with E-state index < -0.39 is 0 Å². The third-order valence-electron chi connectivity index (χ3n) is 5.78. The predicted octanol–water partition coefficient (Wildman–Crippen LogP) is 3.26. The second kappa shape index (κ2) is 5.50. The zero-order valence-electron chi connectivity index (χ0n) is 12.8. The molecule has 2 heteroatoms. The average Bonchev–Trinajstić information content (AvgIpc) is 2.31. The van der Waals surface area contributed by atoms with Gasteiger partial charge in [-0.15, -0.1) is 0 Å². The van der Waals surface area contributed by atoms with Gasteiger partial charge in [0.25, 0.3) is 0 Å². The van der Waals surface area contributed by atoms with Crippen LogP contribution in [0.3, 0.4) is 0 Å². The maximum absolute atomic E-state index is 6.53. The molecule has 106 valence electrons. The van der Waals surface area contributed by atoms with E-state index >= 15 is 0 Å². The van der Waals surface area contributed by atoms with Crippen LogP contribution in [-0.2, 0) is 0 Å². The highest BCUT2D eigenvalue weighted by molar-refractivity contribution is 4.93. The minimum Gasteiger partial charge on any atom is -0.327 e. The summed E-state index contributed by atoms with van der Waals surface area (Å²) >= 11 is 0. The molecule has 2 fully saturated rings. The predicted molar refractivity (Wildman–Crippen MR) is 78.5 cm³/mol. The lowest BCUT2D eigenvalue weighted by atomic mass is 9.68. The molecule has 1 aliphatic carbocycles. The van der Waals surface area contributed by atoms with Crippen molar-refractivity contribution in [3.8, 4) is 0 Å². The molecule has 2 nitrogen and oxygen atoms in total. The Morgan fingerprint density at radius 2 is 1.89 bits per heavy atom. The molecule has 0 radical (unpaired) electrons. The molecule has 2 aliphatic rings. The van der Waals surface area contributed by atoms with E-state index in [2.05, 4.69) is 32.6 Å². The van der Waals surface area contributed by atoms with E-state index in [1.807, 2.05) is 0 Å². The normalized spacial score (nSPS) is 41.8. The molecule has 1 aliphatic heterocycles. The molecule has 1 saturated carbocycles. The first kappa shape index (κ1) is 14.3. The van der Waals surface area contributed by atoms with Crippen molar-refractivity contribution in [2.24, 2.45) is 23.0 Å².